The molecule has 0 amide bonds. The third-order valence-corrected chi connectivity index (χ3v) is 2.33. The van der Waals surface area contributed by atoms with E-state index in [-0.39, 0.29) is 6.10 Å². The number of hydrogen-bond acceptors (Lipinski definition) is 5. The van der Waals surface area contributed by atoms with Crippen LogP contribution in [0.15, 0.2) is 12.1 Å². The minimum Gasteiger partial charge on any atom is -0.377 e. The quantitative estimate of drug-likeness (QED) is 0.769. The number of hydrogen-bond donors (Lipinski definition) is 1. The molecule has 0 saturated heterocycles. The van der Waals surface area contributed by atoms with Gasteiger partial charge in [0.25, 0.3) is 0 Å². The van der Waals surface area contributed by atoms with Gasteiger partial charge in [0.1, 0.15) is 0 Å². The van der Waals surface area contributed by atoms with E-state index in [1.165, 1.54) is 0 Å². The number of rotatable bonds is 7. The Labute approximate surface area is 103 Å². The zero-order valence-electron chi connectivity index (χ0n) is 11.1. The molecular formula is C12H22N4O. The minimum atomic E-state index is 0.271. The maximum absolute atomic E-state index is 5.50. The average Bonchev–Trinajstić information content (AvgIpc) is 2.30. The molecule has 5 nitrogen and oxygen atoms in total. The van der Waals surface area contributed by atoms with Crippen molar-refractivity contribution in [3.05, 3.63) is 17.8 Å². The van der Waals surface area contributed by atoms with Gasteiger partial charge in [-0.05, 0) is 33.0 Å². The van der Waals surface area contributed by atoms with Crippen LogP contribution in [0.3, 0.4) is 0 Å². The highest BCUT2D eigenvalue weighted by molar-refractivity contribution is 5.35. The normalized spacial score (nSPS) is 10.9. The van der Waals surface area contributed by atoms with Crippen molar-refractivity contribution in [2.45, 2.75) is 26.5 Å². The summed E-state index contributed by atoms with van der Waals surface area (Å²) in [5.41, 5.74) is 0.947. The van der Waals surface area contributed by atoms with Gasteiger partial charge in [-0.25, -0.2) is 0 Å². The zero-order valence-corrected chi connectivity index (χ0v) is 11.1. The lowest BCUT2D eigenvalue weighted by molar-refractivity contribution is 0.0845. The van der Waals surface area contributed by atoms with Crippen LogP contribution in [-0.4, -0.2) is 43.5 Å². The third kappa shape index (κ3) is 5.10. The number of ether oxygens (including phenoxy) is 1. The molecule has 1 heterocycles. The van der Waals surface area contributed by atoms with E-state index in [1.54, 1.807) is 0 Å². The first-order valence-corrected chi connectivity index (χ1v) is 5.93. The average molecular weight is 238 g/mol. The van der Waals surface area contributed by atoms with Gasteiger partial charge in [0.2, 0.25) is 0 Å². The number of nitrogens with one attached hydrogen (secondary N) is 1. The van der Waals surface area contributed by atoms with Crippen molar-refractivity contribution < 1.29 is 4.74 Å². The van der Waals surface area contributed by atoms with Crippen LogP contribution in [0.1, 0.15) is 19.5 Å². The Hall–Kier alpha value is -1.20. The largest absolute Gasteiger partial charge is 0.377 e. The molecule has 0 unspecified atom stereocenters. The Morgan fingerprint density at radius 3 is 2.65 bits per heavy atom. The van der Waals surface area contributed by atoms with Gasteiger partial charge in [-0.3, -0.25) is 0 Å². The summed E-state index contributed by atoms with van der Waals surface area (Å²) in [5.74, 6) is 0.872. The SMILES string of the molecule is CNCc1ccc(N(C)CCOC(C)C)nn1. The zero-order chi connectivity index (χ0) is 12.7. The van der Waals surface area contributed by atoms with Gasteiger partial charge in [0, 0.05) is 20.1 Å². The Bertz CT molecular complexity index is 313. The number of nitrogens with zero attached hydrogens (tertiary/aromatic N) is 3. The van der Waals surface area contributed by atoms with Crippen molar-refractivity contribution in [1.82, 2.24) is 15.5 Å². The van der Waals surface area contributed by atoms with Crippen LogP contribution in [0, 0.1) is 0 Å². The smallest absolute Gasteiger partial charge is 0.151 e. The lowest BCUT2D eigenvalue weighted by Gasteiger charge is -2.18. The molecule has 0 aliphatic carbocycles. The fourth-order valence-electron chi connectivity index (χ4n) is 1.37. The molecule has 0 bridgehead atoms. The maximum atomic E-state index is 5.50. The molecule has 0 aromatic carbocycles. The first kappa shape index (κ1) is 13.9. The van der Waals surface area contributed by atoms with E-state index in [0.29, 0.717) is 6.61 Å². The highest BCUT2D eigenvalue weighted by Crippen LogP contribution is 2.07. The highest BCUT2D eigenvalue weighted by Gasteiger charge is 2.04. The van der Waals surface area contributed by atoms with Crippen LogP contribution in [0.25, 0.3) is 0 Å². The number of likely N-dealkylation sites (N-methyl/N-ethyl adjacent to an activating group) is 1. The molecule has 0 atom stereocenters. The Morgan fingerprint density at radius 1 is 1.35 bits per heavy atom. The summed E-state index contributed by atoms with van der Waals surface area (Å²) in [6.07, 6.45) is 0.271. The standard InChI is InChI=1S/C12H22N4O/c1-10(2)17-8-7-16(4)12-6-5-11(9-13-3)14-15-12/h5-6,10,13H,7-9H2,1-4H3. The second-order valence-electron chi connectivity index (χ2n) is 4.25. The van der Waals surface area contributed by atoms with E-state index >= 15 is 0 Å². The predicted octanol–water partition coefficient (Wildman–Crippen LogP) is 1.06. The number of aromatic nitrogens is 2. The second-order valence-corrected chi connectivity index (χ2v) is 4.25. The Balaban J connectivity index is 2.43. The van der Waals surface area contributed by atoms with Gasteiger partial charge in [-0.15, -0.1) is 5.10 Å². The Kier molecular flexibility index (Phi) is 5.86. The van der Waals surface area contributed by atoms with Crippen LogP contribution in [0.2, 0.25) is 0 Å². The summed E-state index contributed by atoms with van der Waals surface area (Å²) in [4.78, 5) is 2.04. The fraction of sp³-hybridized carbons (Fsp3) is 0.667. The molecule has 96 valence electrons. The van der Waals surface area contributed by atoms with Gasteiger partial charge >= 0.3 is 0 Å². The monoisotopic (exact) mass is 238 g/mol. The van der Waals surface area contributed by atoms with Crippen LogP contribution < -0.4 is 10.2 Å². The summed E-state index contributed by atoms with van der Waals surface area (Å²) in [7, 11) is 3.89. The van der Waals surface area contributed by atoms with Gasteiger partial charge in [-0.1, -0.05) is 0 Å². The first-order valence-electron chi connectivity index (χ1n) is 5.93. The molecule has 0 fully saturated rings. The summed E-state index contributed by atoms with van der Waals surface area (Å²) in [5, 5.41) is 11.4. The molecule has 5 heteroatoms. The predicted molar refractivity (Wildman–Crippen MR) is 69.2 cm³/mol. The molecule has 0 spiro atoms. The summed E-state index contributed by atoms with van der Waals surface area (Å²) in [6, 6.07) is 3.97. The van der Waals surface area contributed by atoms with Gasteiger partial charge in [0.15, 0.2) is 5.82 Å². The summed E-state index contributed by atoms with van der Waals surface area (Å²) >= 11 is 0. The highest BCUT2D eigenvalue weighted by atomic mass is 16.5. The molecule has 1 aromatic heterocycles. The summed E-state index contributed by atoms with van der Waals surface area (Å²) < 4.78 is 5.50. The molecule has 1 N–H and O–H groups in total. The third-order valence-electron chi connectivity index (χ3n) is 2.33. The van der Waals surface area contributed by atoms with E-state index < -0.39 is 0 Å². The van der Waals surface area contributed by atoms with Crippen LogP contribution in [0.4, 0.5) is 5.82 Å². The van der Waals surface area contributed by atoms with Crippen LogP contribution in [0.5, 0.6) is 0 Å². The lowest BCUT2D eigenvalue weighted by atomic mass is 10.3. The van der Waals surface area contributed by atoms with Crippen LogP contribution in [-0.2, 0) is 11.3 Å². The van der Waals surface area contributed by atoms with Gasteiger partial charge < -0.3 is 15.0 Å². The van der Waals surface area contributed by atoms with Crippen molar-refractivity contribution in [2.75, 3.05) is 32.1 Å². The lowest BCUT2D eigenvalue weighted by Crippen LogP contribution is -2.25. The van der Waals surface area contributed by atoms with Crippen molar-refractivity contribution in [1.29, 1.82) is 0 Å². The van der Waals surface area contributed by atoms with E-state index in [4.69, 9.17) is 4.74 Å². The molecule has 1 aromatic rings. The van der Waals surface area contributed by atoms with E-state index in [0.717, 1.165) is 24.6 Å². The molecular weight excluding hydrogens is 216 g/mol. The van der Waals surface area contributed by atoms with E-state index in [2.05, 4.69) is 15.5 Å². The molecule has 0 radical (unpaired) electrons. The molecule has 1 rings (SSSR count). The minimum absolute atomic E-state index is 0.271. The van der Waals surface area contributed by atoms with Crippen molar-refractivity contribution >= 4 is 5.82 Å². The molecule has 17 heavy (non-hydrogen) atoms. The summed E-state index contributed by atoms with van der Waals surface area (Å²) in [6.45, 7) is 6.33. The van der Waals surface area contributed by atoms with Crippen molar-refractivity contribution in [3.8, 4) is 0 Å². The van der Waals surface area contributed by atoms with Gasteiger partial charge in [-0.2, -0.15) is 5.10 Å². The molecule has 0 aliphatic heterocycles. The molecule has 0 aliphatic rings. The van der Waals surface area contributed by atoms with E-state index in [9.17, 15) is 0 Å². The van der Waals surface area contributed by atoms with Crippen LogP contribution >= 0.6 is 0 Å². The second kappa shape index (κ2) is 7.19. The number of anilines is 1. The Morgan fingerprint density at radius 2 is 2.12 bits per heavy atom. The van der Waals surface area contributed by atoms with Crippen molar-refractivity contribution in [2.24, 2.45) is 0 Å². The van der Waals surface area contributed by atoms with Crippen molar-refractivity contribution in [3.63, 3.8) is 0 Å². The maximum Gasteiger partial charge on any atom is 0.151 e. The first-order chi connectivity index (χ1) is 8.13. The van der Waals surface area contributed by atoms with Gasteiger partial charge in [0.05, 0.1) is 18.4 Å². The molecule has 0 saturated carbocycles. The fourth-order valence-corrected chi connectivity index (χ4v) is 1.37. The topological polar surface area (TPSA) is 50.3 Å². The van der Waals surface area contributed by atoms with E-state index in [1.807, 2.05) is 45.0 Å².